The number of nitrogens with one attached hydrogen (secondary N) is 1. The number of nitrogens with zero attached hydrogens (tertiary/aromatic N) is 2. The third-order valence-electron chi connectivity index (χ3n) is 3.45. The zero-order valence-corrected chi connectivity index (χ0v) is 12.4. The predicted octanol–water partition coefficient (Wildman–Crippen LogP) is 0.205. The van der Waals surface area contributed by atoms with Gasteiger partial charge in [0.1, 0.15) is 12.0 Å². The summed E-state index contributed by atoms with van der Waals surface area (Å²) in [6.45, 7) is 2.94. The first kappa shape index (κ1) is 15.4. The fourth-order valence-electron chi connectivity index (χ4n) is 2.41. The van der Waals surface area contributed by atoms with E-state index in [0.717, 1.165) is 25.9 Å². The Morgan fingerprint density at radius 1 is 1.60 bits per heavy atom. The number of likely N-dealkylation sites (tertiary alicyclic amines) is 1. The van der Waals surface area contributed by atoms with Crippen LogP contribution in [0.5, 0.6) is 0 Å². The van der Waals surface area contributed by atoms with Gasteiger partial charge in [-0.2, -0.15) is 0 Å². The molecule has 1 aliphatic rings. The van der Waals surface area contributed by atoms with E-state index in [1.807, 2.05) is 0 Å². The van der Waals surface area contributed by atoms with Crippen LogP contribution >= 0.6 is 0 Å². The van der Waals surface area contributed by atoms with Crippen LogP contribution in [-0.4, -0.2) is 57.9 Å². The molecule has 0 saturated carbocycles. The molecule has 1 atom stereocenters. The average molecular weight is 303 g/mol. The van der Waals surface area contributed by atoms with E-state index >= 15 is 0 Å². The van der Waals surface area contributed by atoms with Crippen molar-refractivity contribution in [1.29, 1.82) is 0 Å². The van der Waals surface area contributed by atoms with Gasteiger partial charge in [-0.25, -0.2) is 13.1 Å². The van der Waals surface area contributed by atoms with Crippen LogP contribution in [-0.2, 0) is 20.5 Å². The largest absolute Gasteiger partial charge is 0.383 e. The van der Waals surface area contributed by atoms with E-state index < -0.39 is 10.0 Å². The molecule has 1 saturated heterocycles. The van der Waals surface area contributed by atoms with Crippen molar-refractivity contribution in [2.75, 3.05) is 33.4 Å². The van der Waals surface area contributed by atoms with Gasteiger partial charge in [-0.05, 0) is 19.4 Å². The fraction of sp³-hybridized carbons (Fsp3) is 0.750. The van der Waals surface area contributed by atoms with Crippen LogP contribution in [0.1, 0.15) is 18.5 Å². The van der Waals surface area contributed by atoms with Gasteiger partial charge < -0.3 is 9.26 Å². The third kappa shape index (κ3) is 4.55. The van der Waals surface area contributed by atoms with Crippen molar-refractivity contribution in [1.82, 2.24) is 14.8 Å². The molecule has 0 radical (unpaired) electrons. The maximum atomic E-state index is 11.9. The molecule has 0 amide bonds. The van der Waals surface area contributed by atoms with Gasteiger partial charge in [-0.1, -0.05) is 5.16 Å². The lowest BCUT2D eigenvalue weighted by Crippen LogP contribution is -2.41. The zero-order chi connectivity index (χ0) is 14.4. The lowest BCUT2D eigenvalue weighted by atomic mass is 10.2. The van der Waals surface area contributed by atoms with Crippen LogP contribution < -0.4 is 4.72 Å². The fourth-order valence-corrected chi connectivity index (χ4v) is 3.50. The summed E-state index contributed by atoms with van der Waals surface area (Å²) in [5.41, 5.74) is 0.417. The molecule has 20 heavy (non-hydrogen) atoms. The van der Waals surface area contributed by atoms with E-state index in [-0.39, 0.29) is 11.8 Å². The summed E-state index contributed by atoms with van der Waals surface area (Å²) in [6, 6.07) is 1.80. The second kappa shape index (κ2) is 7.16. The molecule has 1 fully saturated rings. The van der Waals surface area contributed by atoms with Crippen molar-refractivity contribution >= 4 is 10.0 Å². The molecule has 1 aliphatic heterocycles. The molecule has 8 heteroatoms. The maximum absolute atomic E-state index is 11.9. The Balaban J connectivity index is 1.81. The Hall–Kier alpha value is -0.960. The van der Waals surface area contributed by atoms with E-state index in [4.69, 9.17) is 4.74 Å². The van der Waals surface area contributed by atoms with Crippen molar-refractivity contribution in [3.63, 3.8) is 0 Å². The van der Waals surface area contributed by atoms with Crippen LogP contribution in [0.3, 0.4) is 0 Å². The zero-order valence-electron chi connectivity index (χ0n) is 11.6. The molecule has 1 unspecified atom stereocenters. The minimum Gasteiger partial charge on any atom is -0.383 e. The standard InChI is InChI=1S/C12H21N3O4S/c1-18-8-6-15-5-2-3-12(15)9-13-20(16,17)10-11-4-7-19-14-11/h4,7,12-13H,2-3,5-6,8-10H2,1H3. The van der Waals surface area contributed by atoms with Crippen LogP contribution in [0.15, 0.2) is 16.9 Å². The quantitative estimate of drug-likeness (QED) is 0.739. The van der Waals surface area contributed by atoms with Crippen molar-refractivity contribution in [3.8, 4) is 0 Å². The summed E-state index contributed by atoms with van der Waals surface area (Å²) in [5, 5.41) is 3.62. The third-order valence-corrected chi connectivity index (χ3v) is 4.73. The molecule has 2 heterocycles. The first-order valence-corrected chi connectivity index (χ1v) is 8.35. The monoisotopic (exact) mass is 303 g/mol. The van der Waals surface area contributed by atoms with Gasteiger partial charge in [0.25, 0.3) is 0 Å². The molecule has 1 aromatic heterocycles. The maximum Gasteiger partial charge on any atom is 0.217 e. The number of sulfonamides is 1. The molecule has 1 aromatic rings. The summed E-state index contributed by atoms with van der Waals surface area (Å²) in [6.07, 6.45) is 3.48. The van der Waals surface area contributed by atoms with Gasteiger partial charge in [0.15, 0.2) is 0 Å². The van der Waals surface area contributed by atoms with Gasteiger partial charge in [0.2, 0.25) is 10.0 Å². The minimum atomic E-state index is -3.37. The van der Waals surface area contributed by atoms with Gasteiger partial charge in [0, 0.05) is 32.3 Å². The molecule has 114 valence electrons. The second-order valence-corrected chi connectivity index (χ2v) is 6.73. The van der Waals surface area contributed by atoms with Gasteiger partial charge >= 0.3 is 0 Å². The first-order valence-electron chi connectivity index (χ1n) is 6.70. The van der Waals surface area contributed by atoms with Crippen molar-refractivity contribution in [2.45, 2.75) is 24.6 Å². The van der Waals surface area contributed by atoms with E-state index in [9.17, 15) is 8.42 Å². The molecule has 7 nitrogen and oxygen atoms in total. The Bertz CT molecular complexity index is 489. The second-order valence-electron chi connectivity index (χ2n) is 4.92. The smallest absolute Gasteiger partial charge is 0.217 e. The van der Waals surface area contributed by atoms with Crippen LogP contribution in [0.4, 0.5) is 0 Å². The number of hydrogen-bond acceptors (Lipinski definition) is 6. The van der Waals surface area contributed by atoms with Crippen molar-refractivity contribution < 1.29 is 17.7 Å². The number of ether oxygens (including phenoxy) is 1. The molecule has 2 rings (SSSR count). The average Bonchev–Trinajstić information content (AvgIpc) is 3.04. The highest BCUT2D eigenvalue weighted by Gasteiger charge is 2.25. The lowest BCUT2D eigenvalue weighted by Gasteiger charge is -2.24. The van der Waals surface area contributed by atoms with Crippen LogP contribution in [0.25, 0.3) is 0 Å². The van der Waals surface area contributed by atoms with Crippen molar-refractivity contribution in [3.05, 3.63) is 18.0 Å². The molecular weight excluding hydrogens is 282 g/mol. The molecule has 0 aromatic carbocycles. The Morgan fingerprint density at radius 3 is 3.15 bits per heavy atom. The highest BCUT2D eigenvalue weighted by atomic mass is 32.2. The SMILES string of the molecule is COCCN1CCCC1CNS(=O)(=O)Cc1ccon1. The minimum absolute atomic E-state index is 0.145. The van der Waals surface area contributed by atoms with Gasteiger partial charge in [-0.15, -0.1) is 0 Å². The number of methoxy groups -OCH3 is 1. The number of aromatic nitrogens is 1. The summed E-state index contributed by atoms with van der Waals surface area (Å²) in [7, 11) is -1.69. The van der Waals surface area contributed by atoms with Crippen LogP contribution in [0.2, 0.25) is 0 Å². The van der Waals surface area contributed by atoms with E-state index in [0.29, 0.717) is 18.8 Å². The normalized spacial score (nSPS) is 20.6. The van der Waals surface area contributed by atoms with E-state index in [2.05, 4.69) is 19.3 Å². The molecule has 0 bridgehead atoms. The highest BCUT2D eigenvalue weighted by Crippen LogP contribution is 2.16. The Kier molecular flexibility index (Phi) is 5.53. The van der Waals surface area contributed by atoms with E-state index in [1.54, 1.807) is 13.2 Å². The Labute approximate surface area is 119 Å². The Morgan fingerprint density at radius 2 is 2.45 bits per heavy atom. The summed E-state index contributed by atoms with van der Waals surface area (Å²) >= 11 is 0. The van der Waals surface area contributed by atoms with Gasteiger partial charge in [0.05, 0.1) is 12.3 Å². The lowest BCUT2D eigenvalue weighted by molar-refractivity contribution is 0.141. The number of hydrogen-bond donors (Lipinski definition) is 1. The molecule has 1 N–H and O–H groups in total. The highest BCUT2D eigenvalue weighted by molar-refractivity contribution is 7.88. The first-order chi connectivity index (χ1) is 9.61. The van der Waals surface area contributed by atoms with Gasteiger partial charge in [-0.3, -0.25) is 4.90 Å². The summed E-state index contributed by atoms with van der Waals surface area (Å²) in [5.74, 6) is -0.145. The van der Waals surface area contributed by atoms with E-state index in [1.165, 1.54) is 6.26 Å². The molecule has 0 aliphatic carbocycles. The summed E-state index contributed by atoms with van der Waals surface area (Å²) in [4.78, 5) is 2.27. The molecule has 0 spiro atoms. The predicted molar refractivity (Wildman–Crippen MR) is 73.6 cm³/mol. The van der Waals surface area contributed by atoms with Crippen LogP contribution in [0, 0.1) is 0 Å². The molecular formula is C12H21N3O4S. The topological polar surface area (TPSA) is 84.7 Å². The van der Waals surface area contributed by atoms with Crippen molar-refractivity contribution in [2.24, 2.45) is 0 Å². The summed E-state index contributed by atoms with van der Waals surface area (Å²) < 4.78 is 36.2. The number of rotatable bonds is 8.